The Morgan fingerprint density at radius 3 is 2.84 bits per heavy atom. The topological polar surface area (TPSA) is 120 Å². The van der Waals surface area contributed by atoms with Crippen molar-refractivity contribution in [2.75, 3.05) is 6.54 Å². The van der Waals surface area contributed by atoms with E-state index >= 15 is 0 Å². The van der Waals surface area contributed by atoms with Gasteiger partial charge in [0.05, 0.1) is 29.8 Å². The monoisotopic (exact) mass is 420 g/mol. The van der Waals surface area contributed by atoms with Gasteiger partial charge in [-0.05, 0) is 56.4 Å². The molecule has 8 heteroatoms. The average Bonchev–Trinajstić information content (AvgIpc) is 3.17. The second-order valence-corrected chi connectivity index (χ2v) is 9.30. The number of aromatic nitrogens is 4. The summed E-state index contributed by atoms with van der Waals surface area (Å²) in [5.41, 5.74) is 1.93. The Morgan fingerprint density at radius 1 is 1.32 bits per heavy atom. The number of amides is 1. The van der Waals surface area contributed by atoms with Crippen LogP contribution in [0.2, 0.25) is 0 Å². The van der Waals surface area contributed by atoms with Gasteiger partial charge in [0.1, 0.15) is 17.0 Å². The summed E-state index contributed by atoms with van der Waals surface area (Å²) < 4.78 is 2.20. The van der Waals surface area contributed by atoms with Crippen LogP contribution in [0.5, 0.6) is 0 Å². The van der Waals surface area contributed by atoms with Gasteiger partial charge >= 0.3 is 0 Å². The Kier molecular flexibility index (Phi) is 5.14. The van der Waals surface area contributed by atoms with Crippen LogP contribution >= 0.6 is 0 Å². The molecular weight excluding hydrogens is 392 g/mol. The normalized spacial score (nSPS) is 22.5. The minimum atomic E-state index is -0.709. The third-order valence-corrected chi connectivity index (χ3v) is 6.92. The number of nitriles is 1. The fraction of sp³-hybridized carbons (Fsp3) is 0.565. The largest absolute Gasteiger partial charge is 0.388 e. The standard InChI is InChI=1S/C23H28N6O2/c24-9-5-15-1-3-16(4-2-15)13-29-19(11-20(30)27-14-23(31)7-8-23)28-18-12-26-22-17(21(18)29)6-10-25-22/h6,10,12,15-16,31H,1-5,7-8,11,13-14H2,(H,25,26)(H,27,30). The summed E-state index contributed by atoms with van der Waals surface area (Å²) in [6.45, 7) is 1.12. The van der Waals surface area contributed by atoms with Crippen molar-refractivity contribution >= 4 is 28.0 Å². The molecule has 0 saturated heterocycles. The van der Waals surface area contributed by atoms with Crippen molar-refractivity contribution < 1.29 is 9.90 Å². The van der Waals surface area contributed by atoms with Crippen LogP contribution in [0.3, 0.4) is 0 Å². The molecule has 2 fully saturated rings. The van der Waals surface area contributed by atoms with Gasteiger partial charge in [-0.25, -0.2) is 9.97 Å². The zero-order valence-corrected chi connectivity index (χ0v) is 17.6. The second kappa shape index (κ2) is 7.97. The highest BCUT2D eigenvalue weighted by Gasteiger charge is 2.40. The molecule has 0 bridgehead atoms. The lowest BCUT2D eigenvalue weighted by Crippen LogP contribution is -2.34. The van der Waals surface area contributed by atoms with Crippen molar-refractivity contribution in [1.29, 1.82) is 5.26 Å². The number of rotatable bonds is 7. The van der Waals surface area contributed by atoms with E-state index in [0.717, 1.165) is 73.0 Å². The van der Waals surface area contributed by atoms with Crippen LogP contribution < -0.4 is 5.32 Å². The molecule has 3 aromatic rings. The maximum Gasteiger partial charge on any atom is 0.227 e. The fourth-order valence-electron chi connectivity index (χ4n) is 4.80. The van der Waals surface area contributed by atoms with Gasteiger partial charge in [0.15, 0.2) is 0 Å². The number of H-pyrrole nitrogens is 1. The van der Waals surface area contributed by atoms with Crippen molar-refractivity contribution in [2.45, 2.75) is 63.5 Å². The van der Waals surface area contributed by atoms with E-state index in [0.29, 0.717) is 24.8 Å². The molecule has 2 aliphatic rings. The summed E-state index contributed by atoms with van der Waals surface area (Å²) >= 11 is 0. The van der Waals surface area contributed by atoms with Crippen molar-refractivity contribution in [2.24, 2.45) is 11.8 Å². The number of carbonyl (C=O) groups is 1. The number of imidazole rings is 1. The molecule has 0 aromatic carbocycles. The number of nitrogens with zero attached hydrogens (tertiary/aromatic N) is 4. The lowest BCUT2D eigenvalue weighted by molar-refractivity contribution is -0.121. The third kappa shape index (κ3) is 4.15. The smallest absolute Gasteiger partial charge is 0.227 e. The molecule has 0 atom stereocenters. The molecule has 0 spiro atoms. The summed E-state index contributed by atoms with van der Waals surface area (Å²) in [7, 11) is 0. The molecular formula is C23H28N6O2. The van der Waals surface area contributed by atoms with Gasteiger partial charge in [-0.2, -0.15) is 5.26 Å². The van der Waals surface area contributed by atoms with E-state index in [1.54, 1.807) is 6.20 Å². The van der Waals surface area contributed by atoms with Crippen LogP contribution in [0, 0.1) is 23.2 Å². The first-order valence-electron chi connectivity index (χ1n) is 11.2. The Hall–Kier alpha value is -2.92. The van der Waals surface area contributed by atoms with Crippen LogP contribution in [0.15, 0.2) is 18.5 Å². The predicted octanol–water partition coefficient (Wildman–Crippen LogP) is 2.82. The van der Waals surface area contributed by atoms with Gasteiger partial charge < -0.3 is 20.0 Å². The number of fused-ring (bicyclic) bond motifs is 3. The van der Waals surface area contributed by atoms with Gasteiger partial charge in [-0.3, -0.25) is 4.79 Å². The van der Waals surface area contributed by atoms with Gasteiger partial charge in [-0.15, -0.1) is 0 Å². The fourth-order valence-corrected chi connectivity index (χ4v) is 4.80. The van der Waals surface area contributed by atoms with Crippen molar-refractivity contribution in [3.63, 3.8) is 0 Å². The second-order valence-electron chi connectivity index (χ2n) is 9.30. The zero-order chi connectivity index (χ0) is 21.4. The lowest BCUT2D eigenvalue weighted by Gasteiger charge is -2.28. The number of aromatic amines is 1. The van der Waals surface area contributed by atoms with Crippen LogP contribution in [0.25, 0.3) is 22.1 Å². The third-order valence-electron chi connectivity index (χ3n) is 6.92. The van der Waals surface area contributed by atoms with E-state index in [9.17, 15) is 9.90 Å². The maximum absolute atomic E-state index is 12.6. The minimum Gasteiger partial charge on any atom is -0.388 e. The molecule has 5 rings (SSSR count). The lowest BCUT2D eigenvalue weighted by atomic mass is 9.80. The molecule has 0 radical (unpaired) electrons. The molecule has 3 aromatic heterocycles. The number of nitrogens with one attached hydrogen (secondary N) is 2. The Morgan fingerprint density at radius 2 is 2.10 bits per heavy atom. The molecule has 3 heterocycles. The first kappa shape index (κ1) is 20.0. The highest BCUT2D eigenvalue weighted by molar-refractivity contribution is 6.01. The highest BCUT2D eigenvalue weighted by Crippen LogP contribution is 2.35. The molecule has 8 nitrogen and oxygen atoms in total. The number of aliphatic hydroxyl groups is 1. The van der Waals surface area contributed by atoms with Crippen LogP contribution in [-0.2, 0) is 17.8 Å². The van der Waals surface area contributed by atoms with E-state index in [2.05, 4.69) is 25.9 Å². The van der Waals surface area contributed by atoms with Crippen LogP contribution in [0.4, 0.5) is 0 Å². The number of hydrogen-bond acceptors (Lipinski definition) is 5. The van der Waals surface area contributed by atoms with Crippen molar-refractivity contribution in [1.82, 2.24) is 24.8 Å². The Balaban J connectivity index is 1.41. The summed E-state index contributed by atoms with van der Waals surface area (Å²) in [6.07, 6.45) is 10.3. The van der Waals surface area contributed by atoms with Gasteiger partial charge in [0.25, 0.3) is 0 Å². The summed E-state index contributed by atoms with van der Waals surface area (Å²) in [5.74, 6) is 1.64. The predicted molar refractivity (Wildman–Crippen MR) is 116 cm³/mol. The molecule has 2 aliphatic carbocycles. The van der Waals surface area contributed by atoms with E-state index in [4.69, 9.17) is 10.2 Å². The SMILES string of the molecule is N#CCC1CCC(Cn2c(CC(=O)NCC3(O)CC3)nc3cnc4[nH]ccc4c32)CC1. The van der Waals surface area contributed by atoms with Crippen molar-refractivity contribution in [3.8, 4) is 6.07 Å². The molecule has 1 amide bonds. The maximum atomic E-state index is 12.6. The summed E-state index contributed by atoms with van der Waals surface area (Å²) in [6, 6.07) is 4.32. The summed E-state index contributed by atoms with van der Waals surface area (Å²) in [4.78, 5) is 25.0. The Bertz CT molecular complexity index is 1140. The van der Waals surface area contributed by atoms with Gasteiger partial charge in [0, 0.05) is 31.1 Å². The van der Waals surface area contributed by atoms with Crippen LogP contribution in [0.1, 0.15) is 50.8 Å². The molecule has 31 heavy (non-hydrogen) atoms. The van der Waals surface area contributed by atoms with Crippen LogP contribution in [-0.4, -0.2) is 42.7 Å². The molecule has 0 aliphatic heterocycles. The quantitative estimate of drug-likeness (QED) is 0.543. The first-order chi connectivity index (χ1) is 15.0. The van der Waals surface area contributed by atoms with E-state index < -0.39 is 5.60 Å². The number of hydrogen-bond donors (Lipinski definition) is 3. The number of pyridine rings is 1. The Labute approximate surface area is 180 Å². The van der Waals surface area contributed by atoms with Crippen molar-refractivity contribution in [3.05, 3.63) is 24.3 Å². The molecule has 3 N–H and O–H groups in total. The summed E-state index contributed by atoms with van der Waals surface area (Å²) in [5, 5.41) is 22.9. The van der Waals surface area contributed by atoms with Gasteiger partial charge in [0.2, 0.25) is 5.91 Å². The molecule has 162 valence electrons. The van der Waals surface area contributed by atoms with E-state index in [1.807, 2.05) is 12.3 Å². The number of carbonyl (C=O) groups excluding carboxylic acids is 1. The van der Waals surface area contributed by atoms with Gasteiger partial charge in [-0.1, -0.05) is 0 Å². The minimum absolute atomic E-state index is 0.118. The average molecular weight is 421 g/mol. The molecule has 2 saturated carbocycles. The van der Waals surface area contributed by atoms with E-state index in [-0.39, 0.29) is 12.3 Å². The highest BCUT2D eigenvalue weighted by atomic mass is 16.3. The zero-order valence-electron chi connectivity index (χ0n) is 17.6. The van der Waals surface area contributed by atoms with E-state index in [1.165, 1.54) is 0 Å². The molecule has 0 unspecified atom stereocenters. The first-order valence-corrected chi connectivity index (χ1v) is 11.2.